The monoisotopic (exact) mass is 252 g/mol. The molecule has 1 aliphatic carbocycles. The summed E-state index contributed by atoms with van der Waals surface area (Å²) >= 11 is 0. The molecule has 98 valence electrons. The summed E-state index contributed by atoms with van der Waals surface area (Å²) in [5, 5.41) is 11.9. The molecule has 0 spiro atoms. The van der Waals surface area contributed by atoms with Crippen LogP contribution in [-0.4, -0.2) is 22.1 Å². The molecule has 1 aromatic rings. The fourth-order valence-corrected chi connectivity index (χ4v) is 2.47. The second-order valence-electron chi connectivity index (χ2n) is 4.94. The van der Waals surface area contributed by atoms with Crippen LogP contribution in [0.25, 0.3) is 0 Å². The van der Waals surface area contributed by atoms with Gasteiger partial charge in [0.15, 0.2) is 11.6 Å². The van der Waals surface area contributed by atoms with E-state index < -0.39 is 11.8 Å². The van der Waals surface area contributed by atoms with E-state index in [1.807, 2.05) is 0 Å². The summed E-state index contributed by atoms with van der Waals surface area (Å²) < 4.78 is 13.9. The van der Waals surface area contributed by atoms with Crippen LogP contribution in [0.5, 0.6) is 0 Å². The topological polar surface area (TPSA) is 62.2 Å². The molecule has 5 heteroatoms. The van der Waals surface area contributed by atoms with Crippen LogP contribution >= 0.6 is 0 Å². The summed E-state index contributed by atoms with van der Waals surface area (Å²) in [5.74, 6) is -1.38. The molecule has 1 aromatic heterocycles. The van der Waals surface area contributed by atoms with Crippen molar-refractivity contribution >= 4 is 11.8 Å². The van der Waals surface area contributed by atoms with E-state index in [1.54, 1.807) is 0 Å². The first-order chi connectivity index (χ1) is 8.58. The lowest BCUT2D eigenvalue weighted by Crippen LogP contribution is -2.27. The Hall–Kier alpha value is -1.65. The van der Waals surface area contributed by atoms with Gasteiger partial charge in [-0.15, -0.1) is 0 Å². The highest BCUT2D eigenvalue weighted by atomic mass is 19.1. The Morgan fingerprint density at radius 1 is 1.56 bits per heavy atom. The van der Waals surface area contributed by atoms with E-state index in [0.29, 0.717) is 5.92 Å². The fourth-order valence-electron chi connectivity index (χ4n) is 2.47. The average molecular weight is 252 g/mol. The van der Waals surface area contributed by atoms with Gasteiger partial charge in [-0.3, -0.25) is 0 Å². The standard InChI is InChI=1S/C13H17FN2O2/c1-8-3-2-4-9(7-8)16-12-11(14)10(13(17)18)5-6-15-12/h5-6,8-9H,2-4,7H2,1H3,(H,15,16)(H,17,18). The van der Waals surface area contributed by atoms with Crippen molar-refractivity contribution < 1.29 is 14.3 Å². The van der Waals surface area contributed by atoms with E-state index >= 15 is 0 Å². The zero-order valence-corrected chi connectivity index (χ0v) is 10.3. The molecular formula is C13H17FN2O2. The first-order valence-electron chi connectivity index (χ1n) is 6.22. The molecule has 0 saturated heterocycles. The van der Waals surface area contributed by atoms with Gasteiger partial charge in [-0.05, 0) is 24.8 Å². The number of carboxylic acid groups (broad SMARTS) is 1. The molecule has 0 bridgehead atoms. The van der Waals surface area contributed by atoms with Crippen LogP contribution in [0, 0.1) is 11.7 Å². The molecule has 2 atom stereocenters. The summed E-state index contributed by atoms with van der Waals surface area (Å²) in [6, 6.07) is 1.35. The van der Waals surface area contributed by atoms with E-state index in [-0.39, 0.29) is 17.4 Å². The lowest BCUT2D eigenvalue weighted by atomic mass is 9.87. The van der Waals surface area contributed by atoms with Crippen LogP contribution in [0.15, 0.2) is 12.3 Å². The summed E-state index contributed by atoms with van der Waals surface area (Å²) in [6.45, 7) is 2.17. The molecule has 0 radical (unpaired) electrons. The normalized spacial score (nSPS) is 23.7. The quantitative estimate of drug-likeness (QED) is 0.868. The van der Waals surface area contributed by atoms with Crippen molar-refractivity contribution in [2.75, 3.05) is 5.32 Å². The highest BCUT2D eigenvalue weighted by Crippen LogP contribution is 2.26. The number of aromatic carboxylic acids is 1. The number of rotatable bonds is 3. The van der Waals surface area contributed by atoms with Crippen LogP contribution < -0.4 is 5.32 Å². The lowest BCUT2D eigenvalue weighted by molar-refractivity contribution is 0.0692. The van der Waals surface area contributed by atoms with E-state index in [4.69, 9.17) is 5.11 Å². The van der Waals surface area contributed by atoms with Crippen molar-refractivity contribution in [3.8, 4) is 0 Å². The van der Waals surface area contributed by atoms with Gasteiger partial charge in [0.1, 0.15) is 5.56 Å². The Labute approximate surface area is 105 Å². The summed E-state index contributed by atoms with van der Waals surface area (Å²) in [5.41, 5.74) is -0.337. The van der Waals surface area contributed by atoms with Gasteiger partial charge >= 0.3 is 5.97 Å². The number of nitrogens with one attached hydrogen (secondary N) is 1. The third-order valence-corrected chi connectivity index (χ3v) is 3.40. The first-order valence-corrected chi connectivity index (χ1v) is 6.22. The second kappa shape index (κ2) is 5.33. The van der Waals surface area contributed by atoms with Crippen molar-refractivity contribution in [2.45, 2.75) is 38.6 Å². The van der Waals surface area contributed by atoms with Crippen molar-refractivity contribution in [1.82, 2.24) is 4.98 Å². The molecule has 2 N–H and O–H groups in total. The van der Waals surface area contributed by atoms with Crippen molar-refractivity contribution in [1.29, 1.82) is 0 Å². The van der Waals surface area contributed by atoms with Crippen LogP contribution in [0.4, 0.5) is 10.2 Å². The third kappa shape index (κ3) is 2.78. The maximum absolute atomic E-state index is 13.9. The van der Waals surface area contributed by atoms with E-state index in [2.05, 4.69) is 17.2 Å². The molecule has 4 nitrogen and oxygen atoms in total. The molecule has 0 aromatic carbocycles. The molecule has 18 heavy (non-hydrogen) atoms. The van der Waals surface area contributed by atoms with Crippen LogP contribution in [0.2, 0.25) is 0 Å². The Kier molecular flexibility index (Phi) is 3.79. The number of nitrogens with zero attached hydrogens (tertiary/aromatic N) is 1. The lowest BCUT2D eigenvalue weighted by Gasteiger charge is -2.28. The Morgan fingerprint density at radius 2 is 2.33 bits per heavy atom. The molecule has 1 heterocycles. The van der Waals surface area contributed by atoms with Gasteiger partial charge in [0, 0.05) is 12.2 Å². The van der Waals surface area contributed by atoms with Gasteiger partial charge in [-0.2, -0.15) is 0 Å². The summed E-state index contributed by atoms with van der Waals surface area (Å²) in [6.07, 6.45) is 5.57. The van der Waals surface area contributed by atoms with Crippen LogP contribution in [0.1, 0.15) is 43.0 Å². The number of anilines is 1. The smallest absolute Gasteiger partial charge is 0.338 e. The average Bonchev–Trinajstić information content (AvgIpc) is 2.31. The molecule has 1 saturated carbocycles. The van der Waals surface area contributed by atoms with E-state index in [9.17, 15) is 9.18 Å². The van der Waals surface area contributed by atoms with Crippen LogP contribution in [0.3, 0.4) is 0 Å². The number of pyridine rings is 1. The molecule has 2 unspecified atom stereocenters. The number of halogens is 1. The molecular weight excluding hydrogens is 235 g/mol. The SMILES string of the molecule is CC1CCCC(Nc2nccc(C(=O)O)c2F)C1. The van der Waals surface area contributed by atoms with Crippen molar-refractivity contribution in [3.05, 3.63) is 23.6 Å². The summed E-state index contributed by atoms with van der Waals surface area (Å²) in [7, 11) is 0. The largest absolute Gasteiger partial charge is 0.478 e. The van der Waals surface area contributed by atoms with Gasteiger partial charge in [0.25, 0.3) is 0 Å². The third-order valence-electron chi connectivity index (χ3n) is 3.40. The van der Waals surface area contributed by atoms with Crippen molar-refractivity contribution in [2.24, 2.45) is 5.92 Å². The van der Waals surface area contributed by atoms with Crippen molar-refractivity contribution in [3.63, 3.8) is 0 Å². The zero-order chi connectivity index (χ0) is 13.1. The van der Waals surface area contributed by atoms with Gasteiger partial charge in [-0.25, -0.2) is 14.2 Å². The number of hydrogen-bond acceptors (Lipinski definition) is 3. The minimum atomic E-state index is -1.27. The molecule has 1 fully saturated rings. The maximum atomic E-state index is 13.9. The predicted molar refractivity (Wildman–Crippen MR) is 66.2 cm³/mol. The zero-order valence-electron chi connectivity index (χ0n) is 10.3. The molecule has 0 amide bonds. The fraction of sp³-hybridized carbons (Fsp3) is 0.538. The maximum Gasteiger partial charge on any atom is 0.338 e. The van der Waals surface area contributed by atoms with Gasteiger partial charge in [0.05, 0.1) is 0 Å². The molecule has 0 aliphatic heterocycles. The predicted octanol–water partition coefficient (Wildman–Crippen LogP) is 2.91. The van der Waals surface area contributed by atoms with Gasteiger partial charge < -0.3 is 10.4 Å². The molecule has 1 aliphatic rings. The van der Waals surface area contributed by atoms with Gasteiger partial charge in [0.2, 0.25) is 0 Å². The highest BCUT2D eigenvalue weighted by Gasteiger charge is 2.22. The Morgan fingerprint density at radius 3 is 3.00 bits per heavy atom. The molecule has 2 rings (SSSR count). The minimum Gasteiger partial charge on any atom is -0.478 e. The number of aromatic nitrogens is 1. The van der Waals surface area contributed by atoms with Crippen LogP contribution in [-0.2, 0) is 0 Å². The van der Waals surface area contributed by atoms with E-state index in [0.717, 1.165) is 19.3 Å². The highest BCUT2D eigenvalue weighted by molar-refractivity contribution is 5.88. The van der Waals surface area contributed by atoms with E-state index in [1.165, 1.54) is 18.7 Å². The Balaban J connectivity index is 2.14. The number of hydrogen-bond donors (Lipinski definition) is 2. The van der Waals surface area contributed by atoms with Gasteiger partial charge in [-0.1, -0.05) is 19.8 Å². The first kappa shape index (κ1) is 12.8. The second-order valence-corrected chi connectivity index (χ2v) is 4.94. The number of carboxylic acids is 1. The number of carbonyl (C=O) groups is 1. The summed E-state index contributed by atoms with van der Waals surface area (Å²) in [4.78, 5) is 14.7. The minimum absolute atomic E-state index is 0.0500. The Bertz CT molecular complexity index is 451.